The van der Waals surface area contributed by atoms with Crippen molar-refractivity contribution < 1.29 is 23.8 Å². The number of hydrogen-bond donors (Lipinski definition) is 3. The van der Waals surface area contributed by atoms with Crippen molar-refractivity contribution in [2.75, 3.05) is 40.4 Å². The van der Waals surface area contributed by atoms with E-state index in [1.165, 1.54) is 44.2 Å². The molecule has 0 spiro atoms. The lowest BCUT2D eigenvalue weighted by atomic mass is 9.73. The van der Waals surface area contributed by atoms with Gasteiger partial charge in [0.1, 0.15) is 17.3 Å². The fourth-order valence-electron chi connectivity index (χ4n) is 6.83. The highest BCUT2D eigenvalue weighted by atomic mass is 19.1. The predicted molar refractivity (Wildman–Crippen MR) is 164 cm³/mol. The van der Waals surface area contributed by atoms with Crippen LogP contribution in [0.1, 0.15) is 76.2 Å². The van der Waals surface area contributed by atoms with Crippen LogP contribution in [0.5, 0.6) is 11.5 Å². The Morgan fingerprint density at radius 1 is 1.10 bits per heavy atom. The Balaban J connectivity index is 1.54. The molecule has 2 fully saturated rings. The third-order valence-electron chi connectivity index (χ3n) is 9.04. The Morgan fingerprint density at radius 3 is 2.62 bits per heavy atom. The first kappa shape index (κ1) is 32.2. The van der Waals surface area contributed by atoms with Crippen LogP contribution in [0.4, 0.5) is 9.18 Å². The van der Waals surface area contributed by atoms with Crippen LogP contribution in [-0.2, 0) is 10.3 Å². The van der Waals surface area contributed by atoms with E-state index in [2.05, 4.69) is 10.6 Å². The van der Waals surface area contributed by atoms with Crippen molar-refractivity contribution in [1.29, 1.82) is 0 Å². The Bertz CT molecular complexity index is 1100. The maximum absolute atomic E-state index is 14.8. The number of ether oxygens (including phenoxy) is 2. The zero-order chi connectivity index (χ0) is 29.8. The molecule has 2 aliphatic rings. The van der Waals surface area contributed by atoms with Crippen molar-refractivity contribution in [3.8, 4) is 11.5 Å². The number of para-hydroxylation sites is 1. The number of rotatable bonds is 14. The molecule has 2 amide bonds. The fraction of sp³-hybridized carbons (Fsp3) is 0.618. The number of nitrogens with one attached hydrogen (secondary N) is 2. The minimum atomic E-state index is -1.38. The minimum Gasteiger partial charge on any atom is -0.457 e. The summed E-state index contributed by atoms with van der Waals surface area (Å²) in [5, 5.41) is 19.1. The van der Waals surface area contributed by atoms with E-state index in [0.717, 1.165) is 32.2 Å². The van der Waals surface area contributed by atoms with E-state index >= 15 is 0 Å². The SMILES string of the molecule is CNCC(CC1CCCCC1)NC(=O)N1CCC[C@@H]([C@@](O)(CCCCOC)c2cc(F)ccc2Oc2ccccc2)C1. The number of likely N-dealkylation sites (N-methyl/N-ethyl adjacent to an activating group) is 1. The van der Waals surface area contributed by atoms with E-state index in [4.69, 9.17) is 9.47 Å². The van der Waals surface area contributed by atoms with Crippen LogP contribution in [0.2, 0.25) is 0 Å². The number of unbranched alkanes of at least 4 members (excludes halogenated alkanes) is 1. The number of piperidine rings is 1. The molecule has 7 nitrogen and oxygen atoms in total. The molecule has 1 saturated heterocycles. The fourth-order valence-corrected chi connectivity index (χ4v) is 6.83. The second-order valence-corrected chi connectivity index (χ2v) is 12.2. The van der Waals surface area contributed by atoms with Crippen molar-refractivity contribution in [3.63, 3.8) is 0 Å². The molecule has 0 aromatic heterocycles. The predicted octanol–water partition coefficient (Wildman–Crippen LogP) is 6.60. The molecule has 1 unspecified atom stereocenters. The van der Waals surface area contributed by atoms with E-state index in [1.807, 2.05) is 42.3 Å². The Hall–Kier alpha value is -2.68. The number of urea groups is 1. The first-order chi connectivity index (χ1) is 20.4. The highest BCUT2D eigenvalue weighted by Crippen LogP contribution is 2.44. The smallest absolute Gasteiger partial charge is 0.317 e. The van der Waals surface area contributed by atoms with Crippen LogP contribution in [0.3, 0.4) is 0 Å². The van der Waals surface area contributed by atoms with Crippen LogP contribution < -0.4 is 15.4 Å². The van der Waals surface area contributed by atoms with Gasteiger partial charge in [-0.2, -0.15) is 0 Å². The zero-order valence-corrected chi connectivity index (χ0v) is 25.5. The van der Waals surface area contributed by atoms with Gasteiger partial charge in [0.25, 0.3) is 0 Å². The molecule has 8 heteroatoms. The molecule has 3 atom stereocenters. The summed E-state index contributed by atoms with van der Waals surface area (Å²) in [5.74, 6) is 0.995. The first-order valence-electron chi connectivity index (χ1n) is 15.9. The highest BCUT2D eigenvalue weighted by molar-refractivity contribution is 5.74. The summed E-state index contributed by atoms with van der Waals surface area (Å²) in [6.07, 6.45) is 10.7. The average Bonchev–Trinajstić information content (AvgIpc) is 3.01. The standard InChI is InChI=1S/C34H50FN3O4/c1-36-24-29(22-26-12-5-3-6-13-26)37-33(39)38-20-11-14-27(25-38)34(40,19-9-10-21-41-2)31-23-28(35)17-18-32(31)42-30-15-7-4-8-16-30/h4,7-8,15-18,23,26-27,29,36,40H,3,5-6,9-14,19-22,24-25H2,1-2H3,(H,37,39)/t27-,29?,34+/m1/s1. The number of carbonyl (C=O) groups excluding carboxylic acids is 1. The number of hydrogen-bond acceptors (Lipinski definition) is 5. The summed E-state index contributed by atoms with van der Waals surface area (Å²) in [7, 11) is 3.59. The monoisotopic (exact) mass is 583 g/mol. The molecule has 2 aromatic rings. The number of benzene rings is 2. The summed E-state index contributed by atoms with van der Waals surface area (Å²) >= 11 is 0. The van der Waals surface area contributed by atoms with Gasteiger partial charge in [0, 0.05) is 50.9 Å². The van der Waals surface area contributed by atoms with Crippen LogP contribution in [0.25, 0.3) is 0 Å². The molecule has 3 N–H and O–H groups in total. The number of halogens is 1. The van der Waals surface area contributed by atoms with E-state index < -0.39 is 11.4 Å². The summed E-state index contributed by atoms with van der Waals surface area (Å²) < 4.78 is 26.2. The lowest BCUT2D eigenvalue weighted by Gasteiger charge is -2.43. The molecule has 1 heterocycles. The third kappa shape index (κ3) is 8.91. The maximum Gasteiger partial charge on any atom is 0.317 e. The second-order valence-electron chi connectivity index (χ2n) is 12.2. The Morgan fingerprint density at radius 2 is 1.88 bits per heavy atom. The van der Waals surface area contributed by atoms with Gasteiger partial charge in [-0.25, -0.2) is 9.18 Å². The summed E-state index contributed by atoms with van der Waals surface area (Å²) in [5.41, 5.74) is -0.952. The molecular formula is C34H50FN3O4. The van der Waals surface area contributed by atoms with Gasteiger partial charge in [-0.1, -0.05) is 50.3 Å². The van der Waals surface area contributed by atoms with Gasteiger partial charge in [0.15, 0.2) is 0 Å². The van der Waals surface area contributed by atoms with Gasteiger partial charge >= 0.3 is 6.03 Å². The number of nitrogens with zero attached hydrogens (tertiary/aromatic N) is 1. The molecule has 1 saturated carbocycles. The third-order valence-corrected chi connectivity index (χ3v) is 9.04. The Kier molecular flexibility index (Phi) is 12.5. The molecule has 42 heavy (non-hydrogen) atoms. The molecule has 0 bridgehead atoms. The highest BCUT2D eigenvalue weighted by Gasteiger charge is 2.43. The summed E-state index contributed by atoms with van der Waals surface area (Å²) in [6, 6.07) is 13.7. The molecular weight excluding hydrogens is 533 g/mol. The average molecular weight is 584 g/mol. The largest absolute Gasteiger partial charge is 0.457 e. The van der Waals surface area contributed by atoms with Gasteiger partial charge < -0.3 is 30.1 Å². The molecule has 232 valence electrons. The lowest BCUT2D eigenvalue weighted by molar-refractivity contribution is -0.0577. The lowest BCUT2D eigenvalue weighted by Crippen LogP contribution is -2.54. The second kappa shape index (κ2) is 16.2. The van der Waals surface area contributed by atoms with Gasteiger partial charge in [-0.15, -0.1) is 0 Å². The summed E-state index contributed by atoms with van der Waals surface area (Å²) in [4.78, 5) is 15.4. The number of likely N-dealkylation sites (tertiary alicyclic amines) is 1. The van der Waals surface area contributed by atoms with Gasteiger partial charge in [0.2, 0.25) is 0 Å². The van der Waals surface area contributed by atoms with Crippen LogP contribution in [0, 0.1) is 17.7 Å². The minimum absolute atomic E-state index is 0.0630. The first-order valence-corrected chi connectivity index (χ1v) is 15.9. The Labute approximate surface area is 251 Å². The van der Waals surface area contributed by atoms with Crippen molar-refractivity contribution in [3.05, 3.63) is 59.9 Å². The van der Waals surface area contributed by atoms with Crippen LogP contribution in [0.15, 0.2) is 48.5 Å². The molecule has 4 rings (SSSR count). The zero-order valence-electron chi connectivity index (χ0n) is 25.5. The quantitative estimate of drug-likeness (QED) is 0.218. The molecule has 1 aliphatic carbocycles. The van der Waals surface area contributed by atoms with E-state index in [-0.39, 0.29) is 18.0 Å². The summed E-state index contributed by atoms with van der Waals surface area (Å²) in [6.45, 7) is 2.34. The number of carbonyl (C=O) groups is 1. The van der Waals surface area contributed by atoms with Crippen molar-refractivity contribution in [2.45, 2.75) is 82.3 Å². The van der Waals surface area contributed by atoms with Gasteiger partial charge in [0.05, 0.1) is 5.60 Å². The van der Waals surface area contributed by atoms with Crippen molar-refractivity contribution in [2.24, 2.45) is 11.8 Å². The number of methoxy groups -OCH3 is 1. The van der Waals surface area contributed by atoms with Crippen molar-refractivity contribution >= 4 is 6.03 Å². The molecule has 0 radical (unpaired) electrons. The van der Waals surface area contributed by atoms with E-state index in [0.29, 0.717) is 55.5 Å². The van der Waals surface area contributed by atoms with E-state index in [1.54, 1.807) is 13.2 Å². The number of aliphatic hydroxyl groups is 1. The number of amides is 2. The topological polar surface area (TPSA) is 83.1 Å². The van der Waals surface area contributed by atoms with Crippen LogP contribution in [-0.4, -0.2) is 62.5 Å². The van der Waals surface area contributed by atoms with Crippen LogP contribution >= 0.6 is 0 Å². The van der Waals surface area contributed by atoms with Gasteiger partial charge in [-0.05, 0) is 81.8 Å². The van der Waals surface area contributed by atoms with Gasteiger partial charge in [-0.3, -0.25) is 0 Å². The molecule has 1 aliphatic heterocycles. The molecule has 2 aromatic carbocycles. The van der Waals surface area contributed by atoms with E-state index in [9.17, 15) is 14.3 Å². The maximum atomic E-state index is 14.8. The van der Waals surface area contributed by atoms with Crippen molar-refractivity contribution in [1.82, 2.24) is 15.5 Å². The normalized spacial score (nSPS) is 20.1.